The van der Waals surface area contributed by atoms with Crippen LogP contribution in [0.25, 0.3) is 0 Å². The second-order valence-electron chi connectivity index (χ2n) is 6.51. The van der Waals surface area contributed by atoms with Gasteiger partial charge < -0.3 is 25.0 Å². The van der Waals surface area contributed by atoms with E-state index in [0.29, 0.717) is 37.0 Å². The predicted octanol–water partition coefficient (Wildman–Crippen LogP) is 1.99. The smallest absolute Gasteiger partial charge is 0.240 e. The van der Waals surface area contributed by atoms with E-state index in [1.54, 1.807) is 48.7 Å². The van der Waals surface area contributed by atoms with Gasteiger partial charge in [-0.25, -0.2) is 4.98 Å². The number of methoxy groups -OCH3 is 1. The quantitative estimate of drug-likeness (QED) is 0.501. The molecule has 1 aromatic heterocycles. The van der Waals surface area contributed by atoms with Gasteiger partial charge in [0.2, 0.25) is 17.7 Å². The van der Waals surface area contributed by atoms with E-state index in [9.17, 15) is 14.4 Å². The first-order valence-electron chi connectivity index (χ1n) is 10.0. The van der Waals surface area contributed by atoms with Crippen molar-refractivity contribution < 1.29 is 23.9 Å². The number of hydrogen-bond acceptors (Lipinski definition) is 6. The SMILES string of the molecule is CCOc1ccc(N(CC(=O)NCCOC)C(=O)CCC(=O)Nc2ccccn2)cc1. The molecule has 0 aliphatic heterocycles. The Kier molecular flexibility index (Phi) is 9.96. The molecule has 166 valence electrons. The maximum Gasteiger partial charge on any atom is 0.240 e. The summed E-state index contributed by atoms with van der Waals surface area (Å²) in [6.45, 7) is 2.95. The zero-order valence-electron chi connectivity index (χ0n) is 17.8. The number of pyridine rings is 1. The molecule has 3 amide bonds. The summed E-state index contributed by atoms with van der Waals surface area (Å²) >= 11 is 0. The lowest BCUT2D eigenvalue weighted by Crippen LogP contribution is -2.42. The molecule has 31 heavy (non-hydrogen) atoms. The van der Waals surface area contributed by atoms with Gasteiger partial charge in [0.1, 0.15) is 18.1 Å². The zero-order chi connectivity index (χ0) is 22.5. The van der Waals surface area contributed by atoms with Gasteiger partial charge in [0.15, 0.2) is 0 Å². The number of benzene rings is 1. The molecule has 1 heterocycles. The molecule has 2 rings (SSSR count). The van der Waals surface area contributed by atoms with Gasteiger partial charge in [0, 0.05) is 38.4 Å². The van der Waals surface area contributed by atoms with E-state index < -0.39 is 0 Å². The summed E-state index contributed by atoms with van der Waals surface area (Å²) in [5, 5.41) is 5.34. The summed E-state index contributed by atoms with van der Waals surface area (Å²) in [7, 11) is 1.54. The van der Waals surface area contributed by atoms with Crippen LogP contribution in [0.2, 0.25) is 0 Å². The molecule has 0 unspecified atom stereocenters. The van der Waals surface area contributed by atoms with Crippen LogP contribution in [0, 0.1) is 0 Å². The Morgan fingerprint density at radius 3 is 2.45 bits per heavy atom. The highest BCUT2D eigenvalue weighted by atomic mass is 16.5. The lowest BCUT2D eigenvalue weighted by atomic mass is 10.2. The monoisotopic (exact) mass is 428 g/mol. The van der Waals surface area contributed by atoms with Crippen LogP contribution in [0.4, 0.5) is 11.5 Å². The lowest BCUT2D eigenvalue weighted by molar-refractivity contribution is -0.125. The number of nitrogens with one attached hydrogen (secondary N) is 2. The summed E-state index contributed by atoms with van der Waals surface area (Å²) in [6, 6.07) is 12.0. The Balaban J connectivity index is 2.02. The number of nitrogens with zero attached hydrogens (tertiary/aromatic N) is 2. The molecular formula is C22H28N4O5. The van der Waals surface area contributed by atoms with Crippen LogP contribution in [0.3, 0.4) is 0 Å². The van der Waals surface area contributed by atoms with Crippen molar-refractivity contribution in [2.75, 3.05) is 43.6 Å². The molecule has 0 radical (unpaired) electrons. The highest BCUT2D eigenvalue weighted by molar-refractivity contribution is 6.01. The molecule has 2 N–H and O–H groups in total. The first kappa shape index (κ1) is 23.8. The van der Waals surface area contributed by atoms with Gasteiger partial charge in [-0.3, -0.25) is 14.4 Å². The minimum Gasteiger partial charge on any atom is -0.494 e. The Morgan fingerprint density at radius 1 is 1.03 bits per heavy atom. The van der Waals surface area contributed by atoms with Gasteiger partial charge in [0.05, 0.1) is 13.2 Å². The summed E-state index contributed by atoms with van der Waals surface area (Å²) in [5.74, 6) is 0.0847. The largest absolute Gasteiger partial charge is 0.494 e. The van der Waals surface area contributed by atoms with Crippen molar-refractivity contribution in [1.29, 1.82) is 0 Å². The van der Waals surface area contributed by atoms with Gasteiger partial charge >= 0.3 is 0 Å². The van der Waals surface area contributed by atoms with E-state index >= 15 is 0 Å². The Labute approximate surface area is 181 Å². The van der Waals surface area contributed by atoms with Crippen LogP contribution in [0.1, 0.15) is 19.8 Å². The fraction of sp³-hybridized carbons (Fsp3) is 0.364. The molecule has 0 spiro atoms. The number of anilines is 2. The molecule has 1 aromatic carbocycles. The molecule has 0 bridgehead atoms. The average Bonchev–Trinajstić information content (AvgIpc) is 2.77. The highest BCUT2D eigenvalue weighted by Gasteiger charge is 2.20. The number of amides is 3. The molecule has 0 aliphatic rings. The molecule has 0 aliphatic carbocycles. The van der Waals surface area contributed by atoms with Gasteiger partial charge in [-0.15, -0.1) is 0 Å². The third-order valence-electron chi connectivity index (χ3n) is 4.19. The van der Waals surface area contributed by atoms with Gasteiger partial charge in [-0.05, 0) is 43.3 Å². The number of carbonyl (C=O) groups is 3. The predicted molar refractivity (Wildman–Crippen MR) is 117 cm³/mol. The second kappa shape index (κ2) is 13.0. The Morgan fingerprint density at radius 2 is 1.81 bits per heavy atom. The van der Waals surface area contributed by atoms with Crippen molar-refractivity contribution in [2.24, 2.45) is 0 Å². The highest BCUT2D eigenvalue weighted by Crippen LogP contribution is 2.20. The maximum atomic E-state index is 12.9. The molecule has 0 atom stereocenters. The first-order valence-corrected chi connectivity index (χ1v) is 10.0. The topological polar surface area (TPSA) is 110 Å². The Hall–Kier alpha value is -3.46. The van der Waals surface area contributed by atoms with Crippen molar-refractivity contribution in [2.45, 2.75) is 19.8 Å². The Bertz CT molecular complexity index is 843. The zero-order valence-corrected chi connectivity index (χ0v) is 17.8. The van der Waals surface area contributed by atoms with Crippen molar-refractivity contribution in [3.8, 4) is 5.75 Å². The van der Waals surface area contributed by atoms with E-state index in [1.807, 2.05) is 6.92 Å². The minimum absolute atomic E-state index is 0.0335. The number of hydrogen-bond donors (Lipinski definition) is 2. The fourth-order valence-corrected chi connectivity index (χ4v) is 2.70. The van der Waals surface area contributed by atoms with Crippen LogP contribution in [0.15, 0.2) is 48.7 Å². The summed E-state index contributed by atoms with van der Waals surface area (Å²) in [6.07, 6.45) is 1.47. The maximum absolute atomic E-state index is 12.9. The number of carbonyl (C=O) groups excluding carboxylic acids is 3. The van der Waals surface area contributed by atoms with Crippen LogP contribution >= 0.6 is 0 Å². The van der Waals surface area contributed by atoms with E-state index in [1.165, 1.54) is 12.0 Å². The van der Waals surface area contributed by atoms with Crippen molar-refractivity contribution in [1.82, 2.24) is 10.3 Å². The number of aromatic nitrogens is 1. The minimum atomic E-state index is -0.345. The third-order valence-corrected chi connectivity index (χ3v) is 4.19. The fourth-order valence-electron chi connectivity index (χ4n) is 2.70. The van der Waals surface area contributed by atoms with Gasteiger partial charge in [0.25, 0.3) is 0 Å². The van der Waals surface area contributed by atoms with E-state index in [2.05, 4.69) is 15.6 Å². The van der Waals surface area contributed by atoms with E-state index in [-0.39, 0.29) is 37.1 Å². The summed E-state index contributed by atoms with van der Waals surface area (Å²) < 4.78 is 10.3. The second-order valence-corrected chi connectivity index (χ2v) is 6.51. The van der Waals surface area contributed by atoms with Crippen LogP contribution in [-0.4, -0.2) is 56.1 Å². The molecule has 0 saturated heterocycles. The van der Waals surface area contributed by atoms with Crippen LogP contribution < -0.4 is 20.3 Å². The van der Waals surface area contributed by atoms with Crippen molar-refractivity contribution >= 4 is 29.2 Å². The van der Waals surface area contributed by atoms with Crippen molar-refractivity contribution in [3.63, 3.8) is 0 Å². The van der Waals surface area contributed by atoms with Gasteiger partial charge in [-0.2, -0.15) is 0 Å². The van der Waals surface area contributed by atoms with Gasteiger partial charge in [-0.1, -0.05) is 6.07 Å². The van der Waals surface area contributed by atoms with Crippen LogP contribution in [-0.2, 0) is 19.1 Å². The molecule has 9 heteroatoms. The lowest BCUT2D eigenvalue weighted by Gasteiger charge is -2.23. The normalized spacial score (nSPS) is 10.3. The molecule has 9 nitrogen and oxygen atoms in total. The summed E-state index contributed by atoms with van der Waals surface area (Å²) in [4.78, 5) is 42.7. The summed E-state index contributed by atoms with van der Waals surface area (Å²) in [5.41, 5.74) is 0.542. The molecule has 0 saturated carbocycles. The standard InChI is InChI=1S/C22H28N4O5/c1-3-31-18-9-7-17(8-10-18)26(16-21(28)24-14-15-30-2)22(29)12-11-20(27)25-19-6-4-5-13-23-19/h4-10,13H,3,11-12,14-16H2,1-2H3,(H,24,28)(H,23,25,27). The molecule has 2 aromatic rings. The number of rotatable bonds is 12. The van der Waals surface area contributed by atoms with Crippen molar-refractivity contribution in [3.05, 3.63) is 48.7 Å². The molecular weight excluding hydrogens is 400 g/mol. The third kappa shape index (κ3) is 8.43. The average molecular weight is 428 g/mol. The number of ether oxygens (including phenoxy) is 2. The first-order chi connectivity index (χ1) is 15.0. The molecule has 0 fully saturated rings. The van der Waals surface area contributed by atoms with Crippen LogP contribution in [0.5, 0.6) is 5.75 Å². The van der Waals surface area contributed by atoms with E-state index in [4.69, 9.17) is 9.47 Å². The van der Waals surface area contributed by atoms with E-state index in [0.717, 1.165) is 0 Å².